The lowest BCUT2D eigenvalue weighted by Gasteiger charge is -2.24. The maximum Gasteiger partial charge on any atom is 0.126 e. The Bertz CT molecular complexity index is 561. The first-order valence-electron chi connectivity index (χ1n) is 6.95. The van der Waals surface area contributed by atoms with Crippen molar-refractivity contribution in [1.82, 2.24) is 19.9 Å². The Kier molecular flexibility index (Phi) is 3.34. The normalized spacial score (nSPS) is 19.4. The van der Waals surface area contributed by atoms with Crippen molar-refractivity contribution in [2.24, 2.45) is 7.05 Å². The molecule has 2 heterocycles. The molecule has 0 radical (unpaired) electrons. The van der Waals surface area contributed by atoms with E-state index in [0.717, 1.165) is 25.2 Å². The molecule has 3 rings (SSSR count). The number of rotatable bonds is 4. The summed E-state index contributed by atoms with van der Waals surface area (Å²) in [6.45, 7) is 3.08. The van der Waals surface area contributed by atoms with Gasteiger partial charge >= 0.3 is 0 Å². The molecule has 0 bridgehead atoms. The number of nitrogens with zero attached hydrogens (tertiary/aromatic N) is 3. The van der Waals surface area contributed by atoms with Crippen LogP contribution in [0.5, 0.6) is 0 Å². The smallest absolute Gasteiger partial charge is 0.126 e. The fourth-order valence-electron chi connectivity index (χ4n) is 3.08. The number of hydrogen-bond acceptors (Lipinski definition) is 3. The lowest BCUT2D eigenvalue weighted by atomic mass is 9.96. The van der Waals surface area contributed by atoms with Crippen LogP contribution >= 0.6 is 0 Å². The van der Waals surface area contributed by atoms with E-state index < -0.39 is 0 Å². The van der Waals surface area contributed by atoms with Crippen LogP contribution in [-0.4, -0.2) is 21.1 Å². The van der Waals surface area contributed by atoms with Gasteiger partial charge in [0.15, 0.2) is 0 Å². The number of likely N-dealkylation sites (N-methyl/N-ethyl adjacent to an activating group) is 1. The van der Waals surface area contributed by atoms with Crippen LogP contribution < -0.4 is 5.32 Å². The van der Waals surface area contributed by atoms with Crippen molar-refractivity contribution in [1.29, 1.82) is 0 Å². The van der Waals surface area contributed by atoms with Crippen molar-refractivity contribution in [3.63, 3.8) is 0 Å². The van der Waals surface area contributed by atoms with Gasteiger partial charge in [0, 0.05) is 37.3 Å². The van der Waals surface area contributed by atoms with Crippen molar-refractivity contribution >= 4 is 0 Å². The van der Waals surface area contributed by atoms with Gasteiger partial charge in [0.25, 0.3) is 0 Å². The van der Waals surface area contributed by atoms with Gasteiger partial charge in [-0.05, 0) is 31.0 Å². The fourth-order valence-corrected chi connectivity index (χ4v) is 3.08. The summed E-state index contributed by atoms with van der Waals surface area (Å²) in [6, 6.07) is 4.48. The largest absolute Gasteiger partial charge is 0.337 e. The van der Waals surface area contributed by atoms with Gasteiger partial charge in [0.2, 0.25) is 0 Å². The average Bonchev–Trinajstić information content (AvgIpc) is 3.03. The summed E-state index contributed by atoms with van der Waals surface area (Å²) in [7, 11) is 2.06. The highest BCUT2D eigenvalue weighted by Gasteiger charge is 2.33. The second-order valence-electron chi connectivity index (χ2n) is 5.12. The number of aromatic nitrogens is 3. The molecule has 0 aliphatic heterocycles. The highest BCUT2D eigenvalue weighted by Crippen LogP contribution is 2.39. The van der Waals surface area contributed by atoms with Crippen LogP contribution in [0.4, 0.5) is 0 Å². The van der Waals surface area contributed by atoms with Crippen molar-refractivity contribution < 1.29 is 0 Å². The van der Waals surface area contributed by atoms with E-state index in [2.05, 4.69) is 39.9 Å². The number of aryl methyl sites for hydroxylation is 2. The molecule has 4 heteroatoms. The van der Waals surface area contributed by atoms with Crippen molar-refractivity contribution in [2.45, 2.75) is 31.7 Å². The molecule has 100 valence electrons. The molecule has 2 aromatic rings. The Hall–Kier alpha value is -1.68. The Labute approximate surface area is 113 Å². The van der Waals surface area contributed by atoms with Crippen LogP contribution in [0.2, 0.25) is 0 Å². The van der Waals surface area contributed by atoms with Crippen LogP contribution in [0.25, 0.3) is 0 Å². The first kappa shape index (κ1) is 12.4. The predicted molar refractivity (Wildman–Crippen MR) is 74.9 cm³/mol. The van der Waals surface area contributed by atoms with Crippen LogP contribution in [0.3, 0.4) is 0 Å². The Morgan fingerprint density at radius 1 is 1.42 bits per heavy atom. The zero-order valence-electron chi connectivity index (χ0n) is 11.5. The Balaban J connectivity index is 1.96. The van der Waals surface area contributed by atoms with Gasteiger partial charge < -0.3 is 9.88 Å². The van der Waals surface area contributed by atoms with E-state index in [1.807, 2.05) is 24.7 Å². The maximum atomic E-state index is 4.61. The van der Waals surface area contributed by atoms with E-state index >= 15 is 0 Å². The van der Waals surface area contributed by atoms with Crippen LogP contribution in [0.15, 0.2) is 30.7 Å². The van der Waals surface area contributed by atoms with E-state index in [1.54, 1.807) is 0 Å². The molecule has 1 aliphatic carbocycles. The SMILES string of the molecule is CCNC(c1nccn1C)C1CCc2cccnc21. The topological polar surface area (TPSA) is 42.7 Å². The van der Waals surface area contributed by atoms with Crippen molar-refractivity contribution in [3.05, 3.63) is 47.8 Å². The van der Waals surface area contributed by atoms with E-state index in [0.29, 0.717) is 5.92 Å². The number of imidazole rings is 1. The minimum absolute atomic E-state index is 0.251. The number of hydrogen-bond donors (Lipinski definition) is 1. The molecule has 0 spiro atoms. The Morgan fingerprint density at radius 2 is 2.32 bits per heavy atom. The zero-order valence-corrected chi connectivity index (χ0v) is 11.5. The third-order valence-electron chi connectivity index (χ3n) is 3.97. The number of fused-ring (bicyclic) bond motifs is 1. The molecule has 2 atom stereocenters. The summed E-state index contributed by atoms with van der Waals surface area (Å²) in [4.78, 5) is 9.13. The monoisotopic (exact) mass is 256 g/mol. The second kappa shape index (κ2) is 5.13. The van der Waals surface area contributed by atoms with Gasteiger partial charge in [-0.3, -0.25) is 4.98 Å². The van der Waals surface area contributed by atoms with Crippen LogP contribution in [-0.2, 0) is 13.5 Å². The molecule has 4 nitrogen and oxygen atoms in total. The lowest BCUT2D eigenvalue weighted by Crippen LogP contribution is -2.28. The molecular formula is C15H20N4. The first-order valence-corrected chi connectivity index (χ1v) is 6.95. The molecule has 2 aromatic heterocycles. The summed E-state index contributed by atoms with van der Waals surface area (Å²) in [5.41, 5.74) is 2.64. The van der Waals surface area contributed by atoms with Gasteiger partial charge in [0.1, 0.15) is 5.82 Å². The standard InChI is InChI=1S/C15H20N4/c1-3-16-14(15-18-9-10-19(15)2)12-7-6-11-5-4-8-17-13(11)12/h4-5,8-10,12,14,16H,3,6-7H2,1-2H3. The molecule has 1 N–H and O–H groups in total. The third-order valence-corrected chi connectivity index (χ3v) is 3.97. The minimum atomic E-state index is 0.251. The molecular weight excluding hydrogens is 236 g/mol. The predicted octanol–water partition coefficient (Wildman–Crippen LogP) is 2.20. The summed E-state index contributed by atoms with van der Waals surface area (Å²) in [5, 5.41) is 3.59. The highest BCUT2D eigenvalue weighted by atomic mass is 15.1. The van der Waals surface area contributed by atoms with Gasteiger partial charge in [-0.2, -0.15) is 0 Å². The molecule has 0 saturated heterocycles. The average molecular weight is 256 g/mol. The summed E-state index contributed by atoms with van der Waals surface area (Å²) >= 11 is 0. The van der Waals surface area contributed by atoms with E-state index in [1.165, 1.54) is 11.3 Å². The quantitative estimate of drug-likeness (QED) is 0.912. The lowest BCUT2D eigenvalue weighted by molar-refractivity contribution is 0.419. The zero-order chi connectivity index (χ0) is 13.2. The number of nitrogens with one attached hydrogen (secondary N) is 1. The van der Waals surface area contributed by atoms with Gasteiger partial charge in [-0.1, -0.05) is 13.0 Å². The first-order chi connectivity index (χ1) is 9.31. The third kappa shape index (κ3) is 2.16. The molecule has 19 heavy (non-hydrogen) atoms. The van der Waals surface area contributed by atoms with Gasteiger partial charge in [-0.25, -0.2) is 4.98 Å². The minimum Gasteiger partial charge on any atom is -0.337 e. The summed E-state index contributed by atoms with van der Waals surface area (Å²) in [6.07, 6.45) is 8.05. The molecule has 0 saturated carbocycles. The van der Waals surface area contributed by atoms with Crippen molar-refractivity contribution in [3.8, 4) is 0 Å². The highest BCUT2D eigenvalue weighted by molar-refractivity contribution is 5.31. The van der Waals surface area contributed by atoms with E-state index in [4.69, 9.17) is 0 Å². The Morgan fingerprint density at radius 3 is 3.05 bits per heavy atom. The fraction of sp³-hybridized carbons (Fsp3) is 0.467. The van der Waals surface area contributed by atoms with E-state index in [9.17, 15) is 0 Å². The van der Waals surface area contributed by atoms with Crippen LogP contribution in [0, 0.1) is 0 Å². The second-order valence-corrected chi connectivity index (χ2v) is 5.12. The molecule has 0 amide bonds. The molecule has 1 aliphatic rings. The van der Waals surface area contributed by atoms with Gasteiger partial charge in [0.05, 0.1) is 6.04 Å². The molecule has 2 unspecified atom stereocenters. The maximum absolute atomic E-state index is 4.61. The summed E-state index contributed by atoms with van der Waals surface area (Å²) < 4.78 is 2.11. The van der Waals surface area contributed by atoms with E-state index in [-0.39, 0.29) is 6.04 Å². The van der Waals surface area contributed by atoms with Crippen LogP contribution in [0.1, 0.15) is 42.4 Å². The number of pyridine rings is 1. The molecule has 0 aromatic carbocycles. The molecule has 0 fully saturated rings. The van der Waals surface area contributed by atoms with Gasteiger partial charge in [-0.15, -0.1) is 0 Å². The van der Waals surface area contributed by atoms with Crippen molar-refractivity contribution in [2.75, 3.05) is 6.54 Å². The summed E-state index contributed by atoms with van der Waals surface area (Å²) in [5.74, 6) is 1.53.